The topological polar surface area (TPSA) is 105 Å². The molecule has 10 heteroatoms. The van der Waals surface area contributed by atoms with E-state index in [2.05, 4.69) is 43.7 Å². The molecule has 1 amide bonds. The number of rotatable bonds is 4. The van der Waals surface area contributed by atoms with E-state index in [9.17, 15) is 9.90 Å². The SMILES string of the molecule is NC(=S)N=Nc1c(O)n(CC(=O)Nc2ccc(Br)cc2)c2ccc(Cl)cc12. The van der Waals surface area contributed by atoms with Crippen LogP contribution in [0.15, 0.2) is 57.2 Å². The summed E-state index contributed by atoms with van der Waals surface area (Å²) >= 11 is 14.1. The maximum absolute atomic E-state index is 12.4. The number of fused-ring (bicyclic) bond motifs is 1. The summed E-state index contributed by atoms with van der Waals surface area (Å²) in [6.07, 6.45) is 0. The van der Waals surface area contributed by atoms with E-state index in [1.165, 1.54) is 4.57 Å². The first-order chi connectivity index (χ1) is 12.8. The normalized spacial score (nSPS) is 11.2. The summed E-state index contributed by atoms with van der Waals surface area (Å²) in [6.45, 7) is -0.136. The number of nitrogens with two attached hydrogens (primary N) is 1. The molecule has 0 fully saturated rings. The van der Waals surface area contributed by atoms with E-state index in [-0.39, 0.29) is 29.1 Å². The van der Waals surface area contributed by atoms with Crippen LogP contribution in [0.4, 0.5) is 11.4 Å². The van der Waals surface area contributed by atoms with Gasteiger partial charge in [-0.1, -0.05) is 27.5 Å². The van der Waals surface area contributed by atoms with Crippen LogP contribution in [0.3, 0.4) is 0 Å². The van der Waals surface area contributed by atoms with Crippen molar-refractivity contribution >= 4 is 73.0 Å². The lowest BCUT2D eigenvalue weighted by atomic mass is 10.2. The van der Waals surface area contributed by atoms with E-state index in [0.717, 1.165) is 4.47 Å². The second-order valence-corrected chi connectivity index (χ2v) is 7.28. The van der Waals surface area contributed by atoms with Crippen molar-refractivity contribution in [2.24, 2.45) is 16.0 Å². The van der Waals surface area contributed by atoms with Crippen molar-refractivity contribution in [3.63, 3.8) is 0 Å². The van der Waals surface area contributed by atoms with Crippen molar-refractivity contribution in [1.29, 1.82) is 0 Å². The maximum atomic E-state index is 12.4. The lowest BCUT2D eigenvalue weighted by Gasteiger charge is -2.08. The number of amides is 1. The quantitative estimate of drug-likeness (QED) is 0.382. The van der Waals surface area contributed by atoms with Crippen molar-refractivity contribution in [3.8, 4) is 5.88 Å². The third-order valence-corrected chi connectivity index (χ3v) is 4.50. The van der Waals surface area contributed by atoms with Gasteiger partial charge in [-0.25, -0.2) is 0 Å². The van der Waals surface area contributed by atoms with Crippen molar-refractivity contribution in [3.05, 3.63) is 52.0 Å². The number of aromatic hydroxyl groups is 1. The number of hydrogen-bond acceptors (Lipinski definition) is 4. The van der Waals surface area contributed by atoms with E-state index in [0.29, 0.717) is 21.6 Å². The number of anilines is 1. The van der Waals surface area contributed by atoms with Gasteiger partial charge < -0.3 is 20.7 Å². The number of benzene rings is 2. The number of hydrogen-bond donors (Lipinski definition) is 3. The lowest BCUT2D eigenvalue weighted by Crippen LogP contribution is -2.18. The van der Waals surface area contributed by atoms with Gasteiger partial charge in [-0.2, -0.15) is 0 Å². The molecule has 1 aromatic heterocycles. The number of aromatic nitrogens is 1. The number of thiocarbonyl (C=S) groups is 1. The van der Waals surface area contributed by atoms with Crippen LogP contribution in [0.5, 0.6) is 5.88 Å². The summed E-state index contributed by atoms with van der Waals surface area (Å²) in [7, 11) is 0. The summed E-state index contributed by atoms with van der Waals surface area (Å²) in [5, 5.41) is 21.6. The molecule has 4 N–H and O–H groups in total. The molecule has 3 rings (SSSR count). The average molecular weight is 467 g/mol. The van der Waals surface area contributed by atoms with Crippen LogP contribution < -0.4 is 11.1 Å². The van der Waals surface area contributed by atoms with Crippen LogP contribution in [0, 0.1) is 0 Å². The third-order valence-electron chi connectivity index (χ3n) is 3.65. The van der Waals surface area contributed by atoms with Crippen LogP contribution in [0.2, 0.25) is 5.02 Å². The molecule has 27 heavy (non-hydrogen) atoms. The highest BCUT2D eigenvalue weighted by Crippen LogP contribution is 2.40. The Morgan fingerprint density at radius 1 is 1.30 bits per heavy atom. The van der Waals surface area contributed by atoms with Gasteiger partial charge in [0.05, 0.1) is 5.52 Å². The third kappa shape index (κ3) is 4.44. The summed E-state index contributed by atoms with van der Waals surface area (Å²) < 4.78 is 2.31. The molecule has 0 radical (unpaired) electrons. The fraction of sp³-hybridized carbons (Fsp3) is 0.0588. The highest BCUT2D eigenvalue weighted by molar-refractivity contribution is 9.10. The zero-order valence-electron chi connectivity index (χ0n) is 13.7. The Morgan fingerprint density at radius 2 is 2.00 bits per heavy atom. The van der Waals surface area contributed by atoms with E-state index in [1.807, 2.05) is 12.1 Å². The first kappa shape index (κ1) is 19.3. The smallest absolute Gasteiger partial charge is 0.244 e. The van der Waals surface area contributed by atoms with Gasteiger partial charge in [-0.3, -0.25) is 4.79 Å². The molecule has 0 saturated heterocycles. The van der Waals surface area contributed by atoms with Crippen molar-refractivity contribution in [2.45, 2.75) is 6.54 Å². The second-order valence-electron chi connectivity index (χ2n) is 5.51. The Balaban J connectivity index is 1.96. The van der Waals surface area contributed by atoms with Gasteiger partial charge in [0.15, 0.2) is 5.69 Å². The minimum absolute atomic E-state index is 0.136. The molecule has 0 unspecified atom stereocenters. The minimum atomic E-state index is -0.322. The predicted octanol–water partition coefficient (Wildman–Crippen LogP) is 4.73. The first-order valence-corrected chi connectivity index (χ1v) is 9.20. The molecule has 0 saturated carbocycles. The first-order valence-electron chi connectivity index (χ1n) is 7.62. The number of halogens is 2. The van der Waals surface area contributed by atoms with Gasteiger partial charge in [0.1, 0.15) is 6.54 Å². The largest absolute Gasteiger partial charge is 0.493 e. The molecule has 7 nitrogen and oxygen atoms in total. The summed E-state index contributed by atoms with van der Waals surface area (Å²) in [4.78, 5) is 12.4. The Morgan fingerprint density at radius 3 is 2.67 bits per heavy atom. The molecule has 3 aromatic rings. The highest BCUT2D eigenvalue weighted by atomic mass is 79.9. The van der Waals surface area contributed by atoms with Crippen molar-refractivity contribution in [1.82, 2.24) is 4.57 Å². The number of azo groups is 1. The molecule has 0 spiro atoms. The van der Waals surface area contributed by atoms with E-state index < -0.39 is 0 Å². The molecule has 2 aromatic carbocycles. The molecule has 0 atom stereocenters. The van der Waals surface area contributed by atoms with Crippen LogP contribution in [-0.4, -0.2) is 20.7 Å². The van der Waals surface area contributed by atoms with Crippen LogP contribution >= 0.6 is 39.7 Å². The van der Waals surface area contributed by atoms with Gasteiger partial charge >= 0.3 is 0 Å². The predicted molar refractivity (Wildman–Crippen MR) is 113 cm³/mol. The van der Waals surface area contributed by atoms with Crippen molar-refractivity contribution < 1.29 is 9.90 Å². The molecule has 0 aliphatic heterocycles. The Kier molecular flexibility index (Phi) is 5.73. The molecule has 1 heterocycles. The van der Waals surface area contributed by atoms with Gasteiger partial charge in [-0.05, 0) is 54.7 Å². The molecule has 0 bridgehead atoms. The number of nitrogens with one attached hydrogen (secondary N) is 1. The van der Waals surface area contributed by atoms with E-state index in [4.69, 9.17) is 17.3 Å². The molecular weight excluding hydrogens is 454 g/mol. The number of carbonyl (C=O) groups is 1. The van der Waals surface area contributed by atoms with Gasteiger partial charge in [0.2, 0.25) is 16.9 Å². The fourth-order valence-corrected chi connectivity index (χ4v) is 3.01. The lowest BCUT2D eigenvalue weighted by molar-refractivity contribution is -0.116. The maximum Gasteiger partial charge on any atom is 0.244 e. The summed E-state index contributed by atoms with van der Waals surface area (Å²) in [5.74, 6) is -0.560. The van der Waals surface area contributed by atoms with Crippen molar-refractivity contribution in [2.75, 3.05) is 5.32 Å². The Bertz CT molecular complexity index is 1070. The standard InChI is InChI=1S/C17H13BrClN5O2S/c18-9-1-4-11(5-2-9)21-14(25)8-24-13-6-3-10(19)7-12(13)15(16(24)26)22-23-17(20)27/h1-7,26H,8H2,(H2,20,27)(H,21,25). The van der Waals surface area contributed by atoms with Gasteiger partial charge in [0.25, 0.3) is 0 Å². The molecular formula is C17H13BrClN5O2S. The van der Waals surface area contributed by atoms with Crippen LogP contribution in [-0.2, 0) is 11.3 Å². The average Bonchev–Trinajstić information content (AvgIpc) is 2.86. The summed E-state index contributed by atoms with van der Waals surface area (Å²) in [5.41, 5.74) is 6.68. The molecule has 138 valence electrons. The zero-order chi connectivity index (χ0) is 19.6. The van der Waals surface area contributed by atoms with Gasteiger partial charge in [0, 0.05) is 20.6 Å². The highest BCUT2D eigenvalue weighted by Gasteiger charge is 2.19. The van der Waals surface area contributed by atoms with E-state index >= 15 is 0 Å². The van der Waals surface area contributed by atoms with Crippen LogP contribution in [0.1, 0.15) is 0 Å². The van der Waals surface area contributed by atoms with Gasteiger partial charge in [-0.15, -0.1) is 10.2 Å². The zero-order valence-corrected chi connectivity index (χ0v) is 16.8. The Labute approximate surface area is 173 Å². The number of nitrogens with zero attached hydrogens (tertiary/aromatic N) is 3. The Hall–Kier alpha value is -2.49. The molecule has 0 aliphatic carbocycles. The second kappa shape index (κ2) is 8.03. The molecule has 0 aliphatic rings. The number of carbonyl (C=O) groups excluding carboxylic acids is 1. The summed E-state index contributed by atoms with van der Waals surface area (Å²) in [6, 6.07) is 12.1. The fourth-order valence-electron chi connectivity index (χ4n) is 2.53. The monoisotopic (exact) mass is 465 g/mol. The van der Waals surface area contributed by atoms with E-state index in [1.54, 1.807) is 30.3 Å². The minimum Gasteiger partial charge on any atom is -0.493 e. The van der Waals surface area contributed by atoms with Crippen LogP contribution in [0.25, 0.3) is 10.9 Å².